The van der Waals surface area contributed by atoms with E-state index in [1.54, 1.807) is 19.9 Å². The van der Waals surface area contributed by atoms with Crippen LogP contribution in [0.25, 0.3) is 10.4 Å². The number of benzene rings is 9. The Hall–Kier alpha value is -10.5. The first kappa shape index (κ1) is 146. The summed E-state index contributed by atoms with van der Waals surface area (Å²) in [6, 6.07) is 76.9. The normalized spacial score (nSPS) is 11.5. The number of urea groups is 1. The number of alkyl halides is 3. The van der Waals surface area contributed by atoms with Crippen LogP contribution < -0.4 is 28.7 Å². The lowest BCUT2D eigenvalue weighted by molar-refractivity contribution is -0.139. The van der Waals surface area contributed by atoms with Crippen LogP contribution >= 0.6 is 51.5 Å². The van der Waals surface area contributed by atoms with Crippen LogP contribution in [0.5, 0.6) is 0 Å². The fraction of sp³-hybridized carbons (Fsp3) is 0.448. The van der Waals surface area contributed by atoms with Crippen molar-refractivity contribution in [3.63, 3.8) is 0 Å². The van der Waals surface area contributed by atoms with Crippen LogP contribution in [-0.2, 0) is 72.2 Å². The van der Waals surface area contributed by atoms with E-state index in [4.69, 9.17) is 61.4 Å². The second-order valence-corrected chi connectivity index (χ2v) is 44.3. The molecule has 0 heterocycles. The maximum Gasteiger partial charge on any atom is 0.312 e. The molecule has 808 valence electrons. The molecule has 9 rings (SSSR count). The standard InChI is InChI=1S/C16H23N.C14H20.C13H17N3O.C13H20N2O.2C13H19N.C13H18O2.C13H18O.C10H15N.C3H5Br.C3H7N.CH2Cl2.ClH.H3N.H2O/c1-6-11-16(5,17-13(2)3)12-15-9-7-14(4)8-10-15;1-5-10-14(3,4)11-13-8-6-12(2)7-9-13;1-10-4-6-11(7-5-10)8-13(2,3)9-12(17)15-16-14;1-10-4-6-11(7-5-10)8-13(2,3)9-15-12(14)16;1-10(2)14-12(4)9-13-7-5-11(3)6-8-13;1-4-9-13(3,14)10-12-7-5-11(2)6-8-12;1-10-4-6-11(7-5-10)8-13(2,3)9-12(14)15;1-11-4-6-12(7-5-11)10-13(2,3)8-9-14;1-8-3-5-10(6-4-8)7-9(2)11;1-2-3-4;1-3(2)4;2-1-3;;;/h6-10H,1,11-12H2,2-5H3;5-9H,1,10-11H2,2-4H3;4-7H,8-9H2,1-3H3;4-7H,8-9H2,1-3H3,(H3,14,15,16);5-8,12H,9H2,1-4H3;4-8H,1,9-10,14H2,2-3H3;4-7H,8-9H2,1-3H3,(H,14,15);4-7,9H,8,10H2,1-3H3;3-6,9H,7,11H2,1-2H3;2H,1,3H2;4H,1-2H3;1H2;1H;1H3;1H2. The summed E-state index contributed by atoms with van der Waals surface area (Å²) in [5.74, 6) is -1.13. The predicted molar refractivity (Wildman–Crippen MR) is 644 cm³/mol. The number of carbonyl (C=O) groups is 4. The van der Waals surface area contributed by atoms with Crippen molar-refractivity contribution in [2.75, 3.05) is 17.2 Å². The van der Waals surface area contributed by atoms with Gasteiger partial charge in [-0.25, -0.2) is 4.79 Å². The SMILES string of the molecule is C=CCBr.C=CCC(C)(C)Cc1ccc(C)cc1.C=CCC(C)(Cc1ccc(C)cc1)N=C(C)C.C=CCC(C)(N)Cc1ccc(C)cc1.CC(C)=N.CC(C)=NC(C)Cc1ccc(C)cc1.Cc1ccc(CC(C)(C)CC(=O)N=[N+]=[N-])cc1.Cc1ccc(CC(C)(C)CC(=O)O)cc1.Cc1ccc(CC(C)(C)CC=O)cc1.Cc1ccc(CC(C)(C)CNC(N)=O)cc1.Cc1ccc(CC(C)N)cc1.Cl.ClCCl.N.O. The number of aryl methyl sites for hydroxylation is 9. The monoisotopic (exact) mass is 2120 g/mol. The summed E-state index contributed by atoms with van der Waals surface area (Å²) in [7, 11) is 0. The molecule has 17 nitrogen and oxygen atoms in total. The number of halogens is 4. The molecule has 0 bridgehead atoms. The molecule has 4 unspecified atom stereocenters. The molecule has 146 heavy (non-hydrogen) atoms. The second-order valence-electron chi connectivity index (χ2n) is 42.9. The number of amides is 3. The molecule has 0 fully saturated rings. The van der Waals surface area contributed by atoms with Gasteiger partial charge in [-0.2, -0.15) is 0 Å². The predicted octanol–water partition coefficient (Wildman–Crippen LogP) is 32.6. The maximum atomic E-state index is 11.3. The van der Waals surface area contributed by atoms with Crippen molar-refractivity contribution in [2.24, 2.45) is 59.4 Å². The molecule has 9 aromatic carbocycles. The molecule has 0 saturated heterocycles. The zero-order valence-electron chi connectivity index (χ0n) is 94.7. The number of carboxylic acids is 1. The van der Waals surface area contributed by atoms with Crippen LogP contribution in [0.3, 0.4) is 0 Å². The lowest BCUT2D eigenvalue weighted by atomic mass is 9.82. The first-order chi connectivity index (χ1) is 66.6. The van der Waals surface area contributed by atoms with Crippen LogP contribution in [0.4, 0.5) is 4.79 Å². The number of azide groups is 1. The van der Waals surface area contributed by atoms with E-state index >= 15 is 0 Å². The summed E-state index contributed by atoms with van der Waals surface area (Å²) in [5, 5.41) is 22.1. The molecule has 4 atom stereocenters. The number of rotatable bonds is 35. The fourth-order valence-corrected chi connectivity index (χ4v) is 14.8. The molecule has 21 heteroatoms. The Morgan fingerprint density at radius 1 is 0.438 bits per heavy atom. The van der Waals surface area contributed by atoms with Crippen molar-refractivity contribution < 1.29 is 29.8 Å². The molecule has 0 aliphatic heterocycles. The molecule has 0 aliphatic rings. The molecular weight excluding hydrogens is 1940 g/mol. The molecule has 0 spiro atoms. The van der Waals surface area contributed by atoms with Crippen molar-refractivity contribution in [2.45, 2.75) is 320 Å². The average molecular weight is 2130 g/mol. The number of primary amides is 1. The summed E-state index contributed by atoms with van der Waals surface area (Å²) < 4.78 is 0. The number of aliphatic carboxylic acids is 1. The minimum absolute atomic E-state index is 0. The second kappa shape index (κ2) is 79.7. The fourth-order valence-electron chi connectivity index (χ4n) is 14.8. The Balaban J connectivity index is -0.000000372. The minimum Gasteiger partial charge on any atom is -0.481 e. The quantitative estimate of drug-likeness (QED) is 0.00380. The van der Waals surface area contributed by atoms with Gasteiger partial charge >= 0.3 is 12.0 Å². The summed E-state index contributed by atoms with van der Waals surface area (Å²) in [6.07, 6.45) is 21.1. The Labute approximate surface area is 909 Å². The van der Waals surface area contributed by atoms with Gasteiger partial charge in [0, 0.05) is 58.3 Å². The highest BCUT2D eigenvalue weighted by Crippen LogP contribution is 2.31. The van der Waals surface area contributed by atoms with Crippen LogP contribution in [0.1, 0.15) is 277 Å². The van der Waals surface area contributed by atoms with Crippen molar-refractivity contribution in [3.8, 4) is 0 Å². The highest BCUT2D eigenvalue weighted by Gasteiger charge is 2.26. The molecule has 0 radical (unpaired) electrons. The van der Waals surface area contributed by atoms with E-state index in [0.29, 0.717) is 30.1 Å². The van der Waals surface area contributed by atoms with Crippen LogP contribution in [-0.4, -0.2) is 92.3 Å². The first-order valence-electron chi connectivity index (χ1n) is 49.6. The molecule has 0 aromatic heterocycles. The highest BCUT2D eigenvalue weighted by atomic mass is 79.9. The van der Waals surface area contributed by atoms with Gasteiger partial charge in [0.1, 0.15) is 6.29 Å². The van der Waals surface area contributed by atoms with E-state index in [1.807, 2.05) is 80.5 Å². The zero-order chi connectivity index (χ0) is 110. The number of allylic oxidation sites excluding steroid dienone is 2. The summed E-state index contributed by atoms with van der Waals surface area (Å²) in [5.41, 5.74) is 51.1. The Morgan fingerprint density at radius 3 is 0.938 bits per heavy atom. The van der Waals surface area contributed by atoms with E-state index in [9.17, 15) is 19.2 Å². The molecule has 0 aliphatic carbocycles. The number of carbonyl (C=O) groups excluding carboxylic acids is 3. The van der Waals surface area contributed by atoms with Gasteiger partial charge in [0.2, 0.25) is 5.91 Å². The third-order valence-electron chi connectivity index (χ3n) is 21.5. The van der Waals surface area contributed by atoms with Crippen molar-refractivity contribution in [1.29, 1.82) is 5.41 Å². The summed E-state index contributed by atoms with van der Waals surface area (Å²) in [6.45, 7) is 75.3. The van der Waals surface area contributed by atoms with E-state index < -0.39 is 17.9 Å². The van der Waals surface area contributed by atoms with Gasteiger partial charge in [0.05, 0.1) is 23.3 Å². The number of aldehydes is 1. The molecule has 0 saturated carbocycles. The van der Waals surface area contributed by atoms with Crippen molar-refractivity contribution in [1.82, 2.24) is 11.5 Å². The summed E-state index contributed by atoms with van der Waals surface area (Å²) >= 11 is 12.7. The van der Waals surface area contributed by atoms with E-state index in [2.05, 4.69) is 406 Å². The molecular formula is C125H189BrCl3N11O6. The van der Waals surface area contributed by atoms with Gasteiger partial charge in [-0.05, 0) is 296 Å². The Morgan fingerprint density at radius 2 is 0.692 bits per heavy atom. The topological polar surface area (TPSA) is 342 Å². The molecule has 14 N–H and O–H groups in total. The van der Waals surface area contributed by atoms with E-state index in [0.717, 1.165) is 100 Å². The Kier molecular flexibility index (Phi) is 79.8. The Bertz CT molecular complexity index is 5020. The van der Waals surface area contributed by atoms with Gasteiger partial charge < -0.3 is 49.5 Å². The third kappa shape index (κ3) is 83.6. The third-order valence-corrected chi connectivity index (χ3v) is 22.0. The van der Waals surface area contributed by atoms with Crippen LogP contribution in [0.15, 0.2) is 284 Å². The van der Waals surface area contributed by atoms with Crippen LogP contribution in [0, 0.1) is 94.8 Å². The smallest absolute Gasteiger partial charge is 0.312 e. The van der Waals surface area contributed by atoms with E-state index in [-0.39, 0.29) is 81.0 Å². The average Bonchev–Trinajstić information content (AvgIpc) is 0.846. The van der Waals surface area contributed by atoms with Gasteiger partial charge in [-0.1, -0.05) is 378 Å². The van der Waals surface area contributed by atoms with Crippen molar-refractivity contribution >= 4 is 92.9 Å². The number of nitrogens with two attached hydrogens (primary N) is 3. The van der Waals surface area contributed by atoms with E-state index in [1.165, 1.54) is 100 Å². The number of hydrogen-bond donors (Lipinski definition) is 7. The van der Waals surface area contributed by atoms with Gasteiger partial charge in [-0.15, -0.1) is 61.9 Å². The number of nitrogens with one attached hydrogen (secondary N) is 2. The largest absolute Gasteiger partial charge is 0.481 e. The minimum atomic E-state index is -0.730. The number of aliphatic imine (C=N–C) groups is 2. The van der Waals surface area contributed by atoms with Gasteiger partial charge in [-0.3, -0.25) is 19.6 Å². The molecule has 9 aromatic rings. The number of nitrogens with zero attached hydrogens (tertiary/aromatic N) is 5. The number of carboxylic acid groups (broad SMARTS) is 1. The summed E-state index contributed by atoms with van der Waals surface area (Å²) in [4.78, 5) is 54.8. The van der Waals surface area contributed by atoms with Crippen molar-refractivity contribution in [3.05, 3.63) is 380 Å². The zero-order valence-corrected chi connectivity index (χ0v) is 98.6. The lowest BCUT2D eigenvalue weighted by Gasteiger charge is -2.25. The maximum absolute atomic E-state index is 11.3. The van der Waals surface area contributed by atoms with Crippen LogP contribution in [0.2, 0.25) is 0 Å². The lowest BCUT2D eigenvalue weighted by Crippen LogP contribution is -2.38. The van der Waals surface area contributed by atoms with Gasteiger partial charge in [0.15, 0.2) is 0 Å². The van der Waals surface area contributed by atoms with Gasteiger partial charge in [0.25, 0.3) is 0 Å². The number of hydrogen-bond acceptors (Lipinski definition) is 10. The highest BCUT2D eigenvalue weighted by molar-refractivity contribution is 9.09. The first-order valence-corrected chi connectivity index (χ1v) is 51.8. The molecule has 3 amide bonds.